The SMILES string of the molecule is COc1ccc(CSC(C)(C)[C@H](NC(=O)[C@@H](N)CC(=O)N(CCN)CCN)C(=O)CCc2ccc(C(=O)c3ccccc3)cc2)cc1. The van der Waals surface area contributed by atoms with Crippen LogP contribution in [0.25, 0.3) is 0 Å². The number of benzene rings is 3. The number of carbonyl (C=O) groups excluding carboxylic acids is 4. The van der Waals surface area contributed by atoms with Gasteiger partial charge in [0.2, 0.25) is 11.8 Å². The summed E-state index contributed by atoms with van der Waals surface area (Å²) in [6.07, 6.45) is 0.334. The van der Waals surface area contributed by atoms with Crippen LogP contribution in [-0.4, -0.2) is 78.4 Å². The second-order valence-corrected chi connectivity index (χ2v) is 13.4. The fourth-order valence-corrected chi connectivity index (χ4v) is 6.13. The summed E-state index contributed by atoms with van der Waals surface area (Å²) < 4.78 is 4.53. The number of aryl methyl sites for hydroxylation is 1. The molecule has 0 aliphatic rings. The first kappa shape index (κ1) is 37.4. The summed E-state index contributed by atoms with van der Waals surface area (Å²) in [4.78, 5) is 54.3. The molecule has 0 unspecified atom stereocenters. The molecule has 3 aromatic carbocycles. The third kappa shape index (κ3) is 11.3. The van der Waals surface area contributed by atoms with Crippen molar-refractivity contribution in [2.75, 3.05) is 33.3 Å². The van der Waals surface area contributed by atoms with Crippen molar-refractivity contribution >= 4 is 35.1 Å². The molecule has 11 heteroatoms. The highest BCUT2D eigenvalue weighted by Gasteiger charge is 2.37. The molecule has 0 heterocycles. The summed E-state index contributed by atoms with van der Waals surface area (Å²) in [5, 5.41) is 2.88. The van der Waals surface area contributed by atoms with Crippen LogP contribution in [0.15, 0.2) is 78.9 Å². The zero-order chi connectivity index (χ0) is 34.4. The highest BCUT2D eigenvalue weighted by atomic mass is 32.2. The Kier molecular flexibility index (Phi) is 14.6. The van der Waals surface area contributed by atoms with E-state index >= 15 is 0 Å². The van der Waals surface area contributed by atoms with Gasteiger partial charge in [0.25, 0.3) is 0 Å². The number of methoxy groups -OCH3 is 1. The van der Waals surface area contributed by atoms with Crippen LogP contribution in [0.1, 0.15) is 53.7 Å². The van der Waals surface area contributed by atoms with Gasteiger partial charge in [0.15, 0.2) is 11.6 Å². The summed E-state index contributed by atoms with van der Waals surface area (Å²) in [6, 6.07) is 21.9. The Labute approximate surface area is 281 Å². The number of nitrogens with two attached hydrogens (primary N) is 3. The van der Waals surface area contributed by atoms with Crippen LogP contribution in [0.5, 0.6) is 5.75 Å². The molecular weight excluding hydrogens is 614 g/mol. The van der Waals surface area contributed by atoms with Crippen molar-refractivity contribution in [2.45, 2.75) is 55.7 Å². The number of ether oxygens (including phenoxy) is 1. The molecule has 0 radical (unpaired) electrons. The van der Waals surface area contributed by atoms with Gasteiger partial charge < -0.3 is 32.2 Å². The Balaban J connectivity index is 1.73. The average molecular weight is 662 g/mol. The minimum absolute atomic E-state index is 0.0735. The van der Waals surface area contributed by atoms with E-state index in [9.17, 15) is 19.2 Å². The maximum atomic E-state index is 13.8. The highest BCUT2D eigenvalue weighted by molar-refractivity contribution is 7.99. The van der Waals surface area contributed by atoms with Crippen molar-refractivity contribution in [3.63, 3.8) is 0 Å². The van der Waals surface area contributed by atoms with E-state index in [0.717, 1.165) is 16.9 Å². The van der Waals surface area contributed by atoms with Crippen molar-refractivity contribution in [1.29, 1.82) is 0 Å². The molecule has 252 valence electrons. The number of rotatable bonds is 19. The Morgan fingerprint density at radius 1 is 0.851 bits per heavy atom. The first-order chi connectivity index (χ1) is 22.5. The molecule has 0 aromatic heterocycles. The lowest BCUT2D eigenvalue weighted by Gasteiger charge is -2.34. The molecule has 0 saturated heterocycles. The Morgan fingerprint density at radius 2 is 1.43 bits per heavy atom. The number of ketones is 2. The Hall–Kier alpha value is -4.03. The second kappa shape index (κ2) is 18.3. The fraction of sp³-hybridized carbons (Fsp3) is 0.389. The molecule has 3 rings (SSSR count). The van der Waals surface area contributed by atoms with Gasteiger partial charge in [-0.05, 0) is 43.5 Å². The smallest absolute Gasteiger partial charge is 0.238 e. The second-order valence-electron chi connectivity index (χ2n) is 11.8. The van der Waals surface area contributed by atoms with Gasteiger partial charge >= 0.3 is 0 Å². The van der Waals surface area contributed by atoms with Crippen LogP contribution in [-0.2, 0) is 26.6 Å². The van der Waals surface area contributed by atoms with Crippen molar-refractivity contribution in [1.82, 2.24) is 10.2 Å². The van der Waals surface area contributed by atoms with Gasteiger partial charge in [0, 0.05) is 54.2 Å². The maximum Gasteiger partial charge on any atom is 0.238 e. The summed E-state index contributed by atoms with van der Waals surface area (Å²) >= 11 is 1.53. The summed E-state index contributed by atoms with van der Waals surface area (Å²) in [5.74, 6) is 0.186. The lowest BCUT2D eigenvalue weighted by molar-refractivity contribution is -0.135. The van der Waals surface area contributed by atoms with E-state index in [2.05, 4.69) is 5.32 Å². The molecule has 47 heavy (non-hydrogen) atoms. The van der Waals surface area contributed by atoms with Gasteiger partial charge in [-0.2, -0.15) is 0 Å². The molecule has 2 atom stereocenters. The van der Waals surface area contributed by atoms with Gasteiger partial charge in [-0.3, -0.25) is 19.2 Å². The lowest BCUT2D eigenvalue weighted by atomic mass is 9.93. The number of Topliss-reactive ketones (excluding diaryl/α,β-unsaturated/α-hetero) is 1. The summed E-state index contributed by atoms with van der Waals surface area (Å²) in [5.41, 5.74) is 20.5. The van der Waals surface area contributed by atoms with Gasteiger partial charge in [0.1, 0.15) is 11.8 Å². The molecule has 0 aliphatic heterocycles. The van der Waals surface area contributed by atoms with Crippen LogP contribution < -0.4 is 27.3 Å². The van der Waals surface area contributed by atoms with Crippen LogP contribution >= 0.6 is 11.8 Å². The summed E-state index contributed by atoms with van der Waals surface area (Å²) in [7, 11) is 1.61. The maximum absolute atomic E-state index is 13.8. The molecule has 2 amide bonds. The Morgan fingerprint density at radius 3 is 2.00 bits per heavy atom. The molecule has 0 bridgehead atoms. The predicted octanol–water partition coefficient (Wildman–Crippen LogP) is 3.09. The standard InChI is InChI=1S/C36H47N5O5S/c1-36(2,47-24-26-11-16-29(46-3)17-12-26)34(40-35(45)30(39)23-32(43)41(21-19-37)22-20-38)31(42)18-13-25-9-14-28(15-10-25)33(44)27-7-5-4-6-8-27/h4-12,14-17,30,34H,13,18-24,37-39H2,1-3H3,(H,40,45)/t30-,34+/m0/s1. The first-order valence-electron chi connectivity index (χ1n) is 15.7. The number of amides is 2. The van der Waals surface area contributed by atoms with Gasteiger partial charge in [-0.1, -0.05) is 66.7 Å². The molecular formula is C36H47N5O5S. The molecule has 0 spiro atoms. The first-order valence-corrected chi connectivity index (χ1v) is 16.7. The predicted molar refractivity (Wildman–Crippen MR) is 187 cm³/mol. The van der Waals surface area contributed by atoms with Gasteiger partial charge in [-0.15, -0.1) is 11.8 Å². The monoisotopic (exact) mass is 661 g/mol. The number of nitrogens with one attached hydrogen (secondary N) is 1. The van der Waals surface area contributed by atoms with Crippen molar-refractivity contribution in [2.24, 2.45) is 17.2 Å². The minimum Gasteiger partial charge on any atom is -0.497 e. The number of nitrogens with zero attached hydrogens (tertiary/aromatic N) is 1. The number of thioether (sulfide) groups is 1. The van der Waals surface area contributed by atoms with Crippen LogP contribution in [0.2, 0.25) is 0 Å². The molecule has 7 N–H and O–H groups in total. The quantitative estimate of drug-likeness (QED) is 0.141. The molecule has 0 saturated carbocycles. The fourth-order valence-electron chi connectivity index (χ4n) is 5.04. The third-order valence-corrected chi connectivity index (χ3v) is 9.33. The number of hydrogen-bond donors (Lipinski definition) is 4. The molecule has 0 aliphatic carbocycles. The van der Waals surface area contributed by atoms with Gasteiger partial charge in [0.05, 0.1) is 19.6 Å². The van der Waals surface area contributed by atoms with Crippen molar-refractivity contribution < 1.29 is 23.9 Å². The number of carbonyl (C=O) groups is 4. The molecule has 10 nitrogen and oxygen atoms in total. The lowest BCUT2D eigenvalue weighted by Crippen LogP contribution is -2.57. The third-order valence-electron chi connectivity index (χ3n) is 7.87. The normalized spacial score (nSPS) is 12.6. The van der Waals surface area contributed by atoms with Crippen LogP contribution in [0.3, 0.4) is 0 Å². The number of hydrogen-bond acceptors (Lipinski definition) is 9. The molecule has 0 fully saturated rings. The minimum atomic E-state index is -1.16. The Bertz CT molecular complexity index is 1460. The average Bonchev–Trinajstić information content (AvgIpc) is 3.08. The van der Waals surface area contributed by atoms with E-state index in [0.29, 0.717) is 36.4 Å². The van der Waals surface area contributed by atoms with Gasteiger partial charge in [-0.25, -0.2) is 0 Å². The van der Waals surface area contributed by atoms with E-state index in [4.69, 9.17) is 21.9 Å². The zero-order valence-corrected chi connectivity index (χ0v) is 28.3. The van der Waals surface area contributed by atoms with Crippen LogP contribution in [0.4, 0.5) is 0 Å². The highest BCUT2D eigenvalue weighted by Crippen LogP contribution is 2.33. The largest absolute Gasteiger partial charge is 0.497 e. The zero-order valence-electron chi connectivity index (χ0n) is 27.4. The summed E-state index contributed by atoms with van der Waals surface area (Å²) in [6.45, 7) is 4.96. The van der Waals surface area contributed by atoms with E-state index in [1.165, 1.54) is 16.7 Å². The van der Waals surface area contributed by atoms with Crippen molar-refractivity contribution in [3.05, 3.63) is 101 Å². The topological polar surface area (TPSA) is 171 Å². The van der Waals surface area contributed by atoms with E-state index in [1.54, 1.807) is 31.4 Å². The van der Waals surface area contributed by atoms with E-state index < -0.39 is 22.7 Å². The molecule has 3 aromatic rings. The van der Waals surface area contributed by atoms with Crippen LogP contribution in [0, 0.1) is 0 Å². The van der Waals surface area contributed by atoms with Crippen molar-refractivity contribution in [3.8, 4) is 5.75 Å². The van der Waals surface area contributed by atoms with E-state index in [-0.39, 0.29) is 43.4 Å². The van der Waals surface area contributed by atoms with E-state index in [1.807, 2.05) is 68.4 Å².